The lowest BCUT2D eigenvalue weighted by Gasteiger charge is -2.11. The van der Waals surface area contributed by atoms with Gasteiger partial charge in [0.25, 0.3) is 0 Å². The number of benzene rings is 3. The quantitative estimate of drug-likeness (QED) is 0.488. The van der Waals surface area contributed by atoms with E-state index in [4.69, 9.17) is 27.8 Å². The first-order chi connectivity index (χ1) is 14.0. The van der Waals surface area contributed by atoms with Crippen molar-refractivity contribution in [2.24, 2.45) is 0 Å². The summed E-state index contributed by atoms with van der Waals surface area (Å²) in [6, 6.07) is 21.6. The van der Waals surface area contributed by atoms with Gasteiger partial charge in [-0.2, -0.15) is 9.78 Å². The van der Waals surface area contributed by atoms with Gasteiger partial charge in [0.15, 0.2) is 0 Å². The van der Waals surface area contributed by atoms with Crippen LogP contribution in [-0.4, -0.2) is 9.78 Å². The lowest BCUT2D eigenvalue weighted by molar-refractivity contribution is 0.470. The van der Waals surface area contributed by atoms with E-state index in [1.807, 2.05) is 36.4 Å². The zero-order valence-corrected chi connectivity index (χ0v) is 16.0. The average Bonchev–Trinajstić information content (AvgIpc) is 2.72. The molecule has 0 aliphatic heterocycles. The maximum absolute atomic E-state index is 12.9. The predicted molar refractivity (Wildman–Crippen MR) is 116 cm³/mol. The molecule has 144 valence electrons. The largest absolute Gasteiger partial charge is 0.449 e. The minimum absolute atomic E-state index is 0.00616. The molecule has 0 aliphatic rings. The van der Waals surface area contributed by atoms with Gasteiger partial charge in [0.1, 0.15) is 11.4 Å². The zero-order valence-electron chi connectivity index (χ0n) is 15.2. The summed E-state index contributed by atoms with van der Waals surface area (Å²) in [5, 5.41) is 4.65. The van der Waals surface area contributed by atoms with E-state index in [9.17, 15) is 4.79 Å². The van der Waals surface area contributed by atoms with Crippen molar-refractivity contribution in [2.45, 2.75) is 0 Å². The number of hydrogen-bond donors (Lipinski definition) is 2. The number of ether oxygens (including phenoxy) is 1. The molecule has 0 atom stereocenters. The van der Waals surface area contributed by atoms with Crippen LogP contribution in [0, 0.1) is 0 Å². The van der Waals surface area contributed by atoms with Crippen LogP contribution in [0.25, 0.3) is 16.8 Å². The second-order valence-electron chi connectivity index (χ2n) is 6.37. The summed E-state index contributed by atoms with van der Waals surface area (Å²) in [5.74, 6) is 0.488. The molecular formula is C22H17ClN4O2. The topological polar surface area (TPSA) is 96.2 Å². The number of hydrogen-bond acceptors (Lipinski definition) is 5. The normalized spacial score (nSPS) is 10.7. The first-order valence-electron chi connectivity index (χ1n) is 8.79. The average molecular weight is 405 g/mol. The third-order valence-electron chi connectivity index (χ3n) is 4.33. The Labute approximate surface area is 171 Å². The number of rotatable bonds is 4. The Balaban J connectivity index is 1.65. The van der Waals surface area contributed by atoms with E-state index < -0.39 is 5.56 Å². The highest BCUT2D eigenvalue weighted by molar-refractivity contribution is 6.30. The highest BCUT2D eigenvalue weighted by Crippen LogP contribution is 2.27. The molecule has 6 nitrogen and oxygen atoms in total. The maximum Gasteiger partial charge on any atom is 0.316 e. The van der Waals surface area contributed by atoms with Gasteiger partial charge >= 0.3 is 5.56 Å². The van der Waals surface area contributed by atoms with Gasteiger partial charge in [0.2, 0.25) is 5.75 Å². The van der Waals surface area contributed by atoms with Crippen molar-refractivity contribution in [2.75, 3.05) is 11.5 Å². The molecule has 0 saturated heterocycles. The van der Waals surface area contributed by atoms with Crippen molar-refractivity contribution in [3.8, 4) is 28.3 Å². The molecule has 0 bridgehead atoms. The number of nitrogens with two attached hydrogens (primary N) is 2. The first kappa shape index (κ1) is 18.6. The van der Waals surface area contributed by atoms with Gasteiger partial charge in [-0.25, -0.2) is 0 Å². The summed E-state index contributed by atoms with van der Waals surface area (Å²) >= 11 is 5.91. The fourth-order valence-corrected chi connectivity index (χ4v) is 3.00. The van der Waals surface area contributed by atoms with Crippen molar-refractivity contribution >= 4 is 23.0 Å². The molecule has 0 spiro atoms. The molecule has 1 heterocycles. The molecule has 0 radical (unpaired) electrons. The number of anilines is 2. The molecule has 0 aliphatic carbocycles. The minimum Gasteiger partial charge on any atom is -0.449 e. The Hall–Kier alpha value is -3.77. The highest BCUT2D eigenvalue weighted by atomic mass is 35.5. The maximum atomic E-state index is 12.9. The second kappa shape index (κ2) is 7.69. The summed E-state index contributed by atoms with van der Waals surface area (Å²) in [6.45, 7) is 0. The molecule has 0 unspecified atom stereocenters. The molecule has 3 aromatic carbocycles. The van der Waals surface area contributed by atoms with Crippen molar-refractivity contribution in [1.29, 1.82) is 0 Å². The van der Waals surface area contributed by atoms with Crippen LogP contribution >= 0.6 is 11.6 Å². The van der Waals surface area contributed by atoms with Crippen LogP contribution in [0.5, 0.6) is 11.5 Å². The minimum atomic E-state index is -0.466. The van der Waals surface area contributed by atoms with Crippen LogP contribution in [0.2, 0.25) is 5.02 Å². The van der Waals surface area contributed by atoms with Gasteiger partial charge in [0.05, 0.1) is 11.9 Å². The number of nitrogens with zero attached hydrogens (tertiary/aromatic N) is 2. The van der Waals surface area contributed by atoms with E-state index in [1.54, 1.807) is 36.4 Å². The number of nitrogen functional groups attached to an aromatic ring is 2. The summed E-state index contributed by atoms with van der Waals surface area (Å²) in [6.07, 6.45) is 1.38. The number of halogens is 1. The molecular weight excluding hydrogens is 388 g/mol. The Morgan fingerprint density at radius 3 is 2.31 bits per heavy atom. The van der Waals surface area contributed by atoms with E-state index in [2.05, 4.69) is 5.10 Å². The Kier molecular flexibility index (Phi) is 4.93. The Morgan fingerprint density at radius 2 is 1.62 bits per heavy atom. The highest BCUT2D eigenvalue weighted by Gasteiger charge is 2.13. The van der Waals surface area contributed by atoms with Crippen LogP contribution < -0.4 is 21.8 Å². The molecule has 4 rings (SSSR count). The predicted octanol–water partition coefficient (Wildman–Crippen LogP) is 4.51. The lowest BCUT2D eigenvalue weighted by Crippen LogP contribution is -2.23. The fourth-order valence-electron chi connectivity index (χ4n) is 2.87. The molecule has 29 heavy (non-hydrogen) atoms. The third-order valence-corrected chi connectivity index (χ3v) is 4.58. The van der Waals surface area contributed by atoms with E-state index >= 15 is 0 Å². The van der Waals surface area contributed by atoms with Crippen molar-refractivity contribution in [1.82, 2.24) is 9.78 Å². The van der Waals surface area contributed by atoms with Gasteiger partial charge in [-0.15, -0.1) is 0 Å². The first-order valence-corrected chi connectivity index (χ1v) is 9.16. The van der Waals surface area contributed by atoms with E-state index in [0.717, 1.165) is 11.1 Å². The number of aromatic nitrogens is 2. The van der Waals surface area contributed by atoms with Crippen LogP contribution in [0.3, 0.4) is 0 Å². The summed E-state index contributed by atoms with van der Waals surface area (Å²) in [7, 11) is 0. The molecule has 0 saturated carbocycles. The lowest BCUT2D eigenvalue weighted by atomic mass is 10.1. The van der Waals surface area contributed by atoms with Crippen molar-refractivity contribution in [3.63, 3.8) is 0 Å². The van der Waals surface area contributed by atoms with Gasteiger partial charge < -0.3 is 16.2 Å². The molecule has 4 N–H and O–H groups in total. The third kappa shape index (κ3) is 3.93. The SMILES string of the molecule is Nc1cccc(-c2ccc(Oc3c(N)cnn(-c4ccc(Cl)cc4)c3=O)cc2)c1. The van der Waals surface area contributed by atoms with Gasteiger partial charge in [-0.1, -0.05) is 35.9 Å². The second-order valence-corrected chi connectivity index (χ2v) is 6.81. The van der Waals surface area contributed by atoms with Crippen LogP contribution in [0.4, 0.5) is 11.4 Å². The fraction of sp³-hybridized carbons (Fsp3) is 0. The van der Waals surface area contributed by atoms with Crippen LogP contribution in [0.15, 0.2) is 83.8 Å². The van der Waals surface area contributed by atoms with Gasteiger partial charge in [-0.05, 0) is 59.7 Å². The van der Waals surface area contributed by atoms with E-state index in [1.165, 1.54) is 10.9 Å². The smallest absolute Gasteiger partial charge is 0.316 e. The Bertz CT molecular complexity index is 1220. The van der Waals surface area contributed by atoms with Gasteiger partial charge in [0, 0.05) is 10.7 Å². The van der Waals surface area contributed by atoms with Crippen molar-refractivity contribution in [3.05, 3.63) is 94.4 Å². The van der Waals surface area contributed by atoms with Crippen LogP contribution in [0.1, 0.15) is 0 Å². The summed E-state index contributed by atoms with van der Waals surface area (Å²) in [4.78, 5) is 12.9. The monoisotopic (exact) mass is 404 g/mol. The van der Waals surface area contributed by atoms with E-state index in [0.29, 0.717) is 22.1 Å². The molecule has 0 amide bonds. The molecule has 7 heteroatoms. The van der Waals surface area contributed by atoms with Crippen molar-refractivity contribution < 1.29 is 4.74 Å². The van der Waals surface area contributed by atoms with Crippen LogP contribution in [-0.2, 0) is 0 Å². The summed E-state index contributed by atoms with van der Waals surface area (Å²) in [5.41, 5.74) is 14.7. The summed E-state index contributed by atoms with van der Waals surface area (Å²) < 4.78 is 7.00. The standard InChI is InChI=1S/C22H17ClN4O2/c23-16-6-8-18(9-7-16)27-22(28)21(20(25)13-26-27)29-19-10-4-14(5-11-19)15-2-1-3-17(24)12-15/h1-13H,24-25H2. The van der Waals surface area contributed by atoms with E-state index in [-0.39, 0.29) is 11.4 Å². The zero-order chi connectivity index (χ0) is 20.4. The van der Waals surface area contributed by atoms with Gasteiger partial charge in [-0.3, -0.25) is 4.79 Å². The molecule has 0 fully saturated rings. The Morgan fingerprint density at radius 1 is 0.897 bits per heavy atom. The molecule has 4 aromatic rings. The molecule has 1 aromatic heterocycles.